The number of piperidine rings is 1. The van der Waals surface area contributed by atoms with Gasteiger partial charge in [-0.15, -0.1) is 0 Å². The molecule has 0 unspecified atom stereocenters. The fourth-order valence-corrected chi connectivity index (χ4v) is 4.97. The van der Waals surface area contributed by atoms with Crippen LogP contribution in [-0.2, 0) is 6.54 Å². The summed E-state index contributed by atoms with van der Waals surface area (Å²) in [7, 11) is 0. The van der Waals surface area contributed by atoms with Gasteiger partial charge in [-0.3, -0.25) is 9.36 Å². The van der Waals surface area contributed by atoms with Crippen molar-refractivity contribution in [3.63, 3.8) is 0 Å². The number of hydrogen-bond donors (Lipinski definition) is 1. The van der Waals surface area contributed by atoms with Gasteiger partial charge in [-0.25, -0.2) is 4.98 Å². The standard InChI is InChI=1S/C23H24N4O3/c28-23-18(3-4-19-16-10-15(12-24-13-16)14-27(19)23)22-25-6-7-26(22)17-2-5-20-21(11-17)30-9-1-8-29-20/h2-7,11,15-16,24H,1,8-10,12-14H2/t15-,16+/m0/s1. The van der Waals surface area contributed by atoms with E-state index in [1.54, 1.807) is 6.20 Å². The monoisotopic (exact) mass is 404 g/mol. The van der Waals surface area contributed by atoms with E-state index in [1.165, 1.54) is 0 Å². The number of hydrogen-bond acceptors (Lipinski definition) is 5. The maximum Gasteiger partial charge on any atom is 0.261 e. The molecule has 1 N–H and O–H groups in total. The van der Waals surface area contributed by atoms with Gasteiger partial charge in [-0.2, -0.15) is 0 Å². The topological polar surface area (TPSA) is 70.3 Å². The Kier molecular flexibility index (Phi) is 4.16. The van der Waals surface area contributed by atoms with E-state index >= 15 is 0 Å². The van der Waals surface area contributed by atoms with Crippen molar-refractivity contribution in [2.75, 3.05) is 26.3 Å². The highest BCUT2D eigenvalue weighted by atomic mass is 16.5. The first-order chi connectivity index (χ1) is 14.8. The summed E-state index contributed by atoms with van der Waals surface area (Å²) >= 11 is 0. The maximum absolute atomic E-state index is 13.4. The highest BCUT2D eigenvalue weighted by Crippen LogP contribution is 2.34. The van der Waals surface area contributed by atoms with Gasteiger partial charge in [0.2, 0.25) is 0 Å². The van der Waals surface area contributed by atoms with Crippen LogP contribution >= 0.6 is 0 Å². The molecule has 3 aliphatic rings. The second kappa shape index (κ2) is 7.02. The van der Waals surface area contributed by atoms with Gasteiger partial charge in [0.15, 0.2) is 11.5 Å². The van der Waals surface area contributed by atoms with Crippen LogP contribution in [0, 0.1) is 5.92 Å². The summed E-state index contributed by atoms with van der Waals surface area (Å²) in [5, 5.41) is 3.50. The van der Waals surface area contributed by atoms with Crippen molar-refractivity contribution < 1.29 is 9.47 Å². The molecule has 5 heterocycles. The van der Waals surface area contributed by atoms with Crippen LogP contribution in [0.15, 0.2) is 47.5 Å². The predicted octanol–water partition coefficient (Wildman–Crippen LogP) is 2.57. The van der Waals surface area contributed by atoms with Crippen LogP contribution in [0.4, 0.5) is 0 Å². The summed E-state index contributed by atoms with van der Waals surface area (Å²) in [6.07, 6.45) is 5.65. The Labute approximate surface area is 174 Å². The van der Waals surface area contributed by atoms with Gasteiger partial charge in [-0.05, 0) is 43.1 Å². The van der Waals surface area contributed by atoms with Crippen molar-refractivity contribution in [3.05, 3.63) is 58.8 Å². The Morgan fingerprint density at radius 1 is 1.07 bits per heavy atom. The zero-order chi connectivity index (χ0) is 20.1. The van der Waals surface area contributed by atoms with Gasteiger partial charge >= 0.3 is 0 Å². The third-order valence-corrected chi connectivity index (χ3v) is 6.40. The number of nitrogens with one attached hydrogen (secondary N) is 1. The second-order valence-electron chi connectivity index (χ2n) is 8.35. The molecule has 1 fully saturated rings. The second-order valence-corrected chi connectivity index (χ2v) is 8.35. The summed E-state index contributed by atoms with van der Waals surface area (Å²) in [6, 6.07) is 9.90. The molecule has 0 radical (unpaired) electrons. The molecule has 7 heteroatoms. The highest BCUT2D eigenvalue weighted by molar-refractivity contribution is 5.60. The van der Waals surface area contributed by atoms with Crippen LogP contribution in [0.2, 0.25) is 0 Å². The molecule has 3 aromatic rings. The summed E-state index contributed by atoms with van der Waals surface area (Å²) < 4.78 is 15.5. The van der Waals surface area contributed by atoms with Crippen molar-refractivity contribution in [3.8, 4) is 28.6 Å². The molecule has 0 spiro atoms. The largest absolute Gasteiger partial charge is 0.490 e. The molecule has 30 heavy (non-hydrogen) atoms. The first-order valence-electron chi connectivity index (χ1n) is 10.7. The van der Waals surface area contributed by atoms with Crippen molar-refractivity contribution in [2.45, 2.75) is 25.3 Å². The molecule has 7 nitrogen and oxygen atoms in total. The van der Waals surface area contributed by atoms with Crippen LogP contribution in [0.5, 0.6) is 11.5 Å². The Bertz CT molecular complexity index is 1170. The number of aromatic nitrogens is 3. The minimum Gasteiger partial charge on any atom is -0.490 e. The van der Waals surface area contributed by atoms with Gasteiger partial charge in [-0.1, -0.05) is 0 Å². The van der Waals surface area contributed by atoms with Crippen LogP contribution in [0.1, 0.15) is 24.5 Å². The van der Waals surface area contributed by atoms with Crippen LogP contribution < -0.4 is 20.3 Å². The van der Waals surface area contributed by atoms with Crippen LogP contribution in [0.3, 0.4) is 0 Å². The Morgan fingerprint density at radius 3 is 2.90 bits per heavy atom. The van der Waals surface area contributed by atoms with E-state index in [9.17, 15) is 4.79 Å². The molecule has 1 aromatic carbocycles. The van der Waals surface area contributed by atoms with E-state index in [4.69, 9.17) is 9.47 Å². The SMILES string of the molecule is O=c1c(-c2nccn2-c2ccc3c(c2)OCCCO3)ccc2n1C[C@@H]1CNC[C@H]2C1. The van der Waals surface area contributed by atoms with Crippen molar-refractivity contribution in [2.24, 2.45) is 5.92 Å². The lowest BCUT2D eigenvalue weighted by molar-refractivity contribution is 0.257. The third-order valence-electron chi connectivity index (χ3n) is 6.40. The third kappa shape index (κ3) is 2.84. The zero-order valence-electron chi connectivity index (χ0n) is 16.7. The number of pyridine rings is 1. The van der Waals surface area contributed by atoms with E-state index < -0.39 is 0 Å². The number of nitrogens with zero attached hydrogens (tertiary/aromatic N) is 3. The molecule has 0 aliphatic carbocycles. The van der Waals surface area contributed by atoms with E-state index in [0.717, 1.165) is 55.4 Å². The molecule has 0 amide bonds. The van der Waals surface area contributed by atoms with Gasteiger partial charge in [0.25, 0.3) is 5.56 Å². The molecule has 6 rings (SSSR count). The van der Waals surface area contributed by atoms with E-state index in [0.29, 0.717) is 36.4 Å². The van der Waals surface area contributed by atoms with Crippen LogP contribution in [0.25, 0.3) is 17.1 Å². The molecule has 0 saturated carbocycles. The average molecular weight is 404 g/mol. The first-order valence-corrected chi connectivity index (χ1v) is 10.7. The number of rotatable bonds is 2. The van der Waals surface area contributed by atoms with Crippen molar-refractivity contribution in [1.29, 1.82) is 0 Å². The zero-order valence-corrected chi connectivity index (χ0v) is 16.7. The fourth-order valence-electron chi connectivity index (χ4n) is 4.97. The van der Waals surface area contributed by atoms with E-state index in [1.807, 2.05) is 39.6 Å². The van der Waals surface area contributed by atoms with E-state index in [2.05, 4.69) is 16.4 Å². The minimum absolute atomic E-state index is 0.0471. The lowest BCUT2D eigenvalue weighted by Crippen LogP contribution is -2.45. The highest BCUT2D eigenvalue weighted by Gasteiger charge is 2.31. The lowest BCUT2D eigenvalue weighted by atomic mass is 9.84. The molecule has 154 valence electrons. The molecule has 2 aromatic heterocycles. The Morgan fingerprint density at radius 2 is 1.97 bits per heavy atom. The quantitative estimate of drug-likeness (QED) is 0.711. The van der Waals surface area contributed by atoms with E-state index in [-0.39, 0.29) is 5.56 Å². The predicted molar refractivity (Wildman–Crippen MR) is 113 cm³/mol. The van der Waals surface area contributed by atoms with Crippen molar-refractivity contribution in [1.82, 2.24) is 19.4 Å². The molecular weight excluding hydrogens is 380 g/mol. The lowest BCUT2D eigenvalue weighted by Gasteiger charge is -2.37. The van der Waals surface area contributed by atoms with Crippen LogP contribution in [-0.4, -0.2) is 40.4 Å². The number of fused-ring (bicyclic) bond motifs is 5. The molecule has 3 aliphatic heterocycles. The van der Waals surface area contributed by atoms with Gasteiger partial charge in [0, 0.05) is 49.6 Å². The van der Waals surface area contributed by atoms with Crippen molar-refractivity contribution >= 4 is 0 Å². The molecule has 2 atom stereocenters. The Balaban J connectivity index is 1.43. The summed E-state index contributed by atoms with van der Waals surface area (Å²) in [4.78, 5) is 18.0. The smallest absolute Gasteiger partial charge is 0.261 e. The van der Waals surface area contributed by atoms with Gasteiger partial charge < -0.3 is 19.4 Å². The fraction of sp³-hybridized carbons (Fsp3) is 0.391. The number of benzene rings is 1. The summed E-state index contributed by atoms with van der Waals surface area (Å²) in [5.41, 5.74) is 2.71. The first kappa shape index (κ1) is 17.8. The number of ether oxygens (including phenoxy) is 2. The minimum atomic E-state index is 0.0471. The maximum atomic E-state index is 13.4. The van der Waals surface area contributed by atoms with Gasteiger partial charge in [0.1, 0.15) is 5.82 Å². The molecule has 1 saturated heterocycles. The Hall–Kier alpha value is -3.06. The summed E-state index contributed by atoms with van der Waals surface area (Å²) in [6.45, 7) is 4.00. The summed E-state index contributed by atoms with van der Waals surface area (Å²) in [5.74, 6) is 3.07. The normalized spacial score (nSPS) is 22.3. The number of imidazole rings is 1. The molecule has 2 bridgehead atoms. The molecular formula is C23H24N4O3. The average Bonchev–Trinajstić information content (AvgIpc) is 3.13. The van der Waals surface area contributed by atoms with Gasteiger partial charge in [0.05, 0.1) is 24.5 Å².